The van der Waals surface area contributed by atoms with Crippen LogP contribution in [0, 0.1) is 0 Å². The number of hydrogen-bond acceptors (Lipinski definition) is 4. The second-order valence-corrected chi connectivity index (χ2v) is 10.3. The van der Waals surface area contributed by atoms with Crippen molar-refractivity contribution in [1.82, 2.24) is 24.6 Å². The summed E-state index contributed by atoms with van der Waals surface area (Å²) in [6, 6.07) is 20.1. The van der Waals surface area contributed by atoms with Gasteiger partial charge in [-0.05, 0) is 68.2 Å². The Morgan fingerprint density at radius 1 is 1.05 bits per heavy atom. The number of hydrogen-bond donors (Lipinski definition) is 3. The molecule has 0 radical (unpaired) electrons. The van der Waals surface area contributed by atoms with Crippen LogP contribution in [-0.2, 0) is 6.54 Å². The van der Waals surface area contributed by atoms with Gasteiger partial charge in [-0.3, -0.25) is 19.2 Å². The van der Waals surface area contributed by atoms with Gasteiger partial charge in [-0.1, -0.05) is 42.8 Å². The van der Waals surface area contributed by atoms with E-state index in [1.54, 1.807) is 23.1 Å². The van der Waals surface area contributed by atoms with E-state index in [1.165, 1.54) is 31.0 Å². The van der Waals surface area contributed by atoms with Crippen LogP contribution >= 0.6 is 0 Å². The first-order valence-corrected chi connectivity index (χ1v) is 13.5. The van der Waals surface area contributed by atoms with Crippen molar-refractivity contribution in [2.24, 2.45) is 0 Å². The van der Waals surface area contributed by atoms with E-state index in [0.717, 1.165) is 36.1 Å². The number of carbonyl (C=O) groups is 1. The van der Waals surface area contributed by atoms with E-state index in [4.69, 9.17) is 0 Å². The number of aromatic amines is 2. The fourth-order valence-corrected chi connectivity index (χ4v) is 5.31. The fourth-order valence-electron chi connectivity index (χ4n) is 5.31. The summed E-state index contributed by atoms with van der Waals surface area (Å²) in [5, 5.41) is 8.35. The molecular formula is C31H32N6O2. The normalized spacial score (nSPS) is 14.9. The summed E-state index contributed by atoms with van der Waals surface area (Å²) in [5.41, 5.74) is 5.25. The Morgan fingerprint density at radius 3 is 2.69 bits per heavy atom. The maximum Gasteiger partial charge on any atom is 0.258 e. The molecule has 198 valence electrons. The third-order valence-electron chi connectivity index (χ3n) is 7.53. The molecule has 1 aliphatic rings. The molecule has 0 unspecified atom stereocenters. The molecule has 0 saturated carbocycles. The predicted molar refractivity (Wildman–Crippen MR) is 154 cm³/mol. The highest BCUT2D eigenvalue weighted by molar-refractivity contribution is 6.04. The van der Waals surface area contributed by atoms with Crippen LogP contribution in [0.5, 0.6) is 0 Å². The maximum atomic E-state index is 13.0. The Morgan fingerprint density at radius 2 is 1.87 bits per heavy atom. The molecule has 0 bridgehead atoms. The zero-order valence-electron chi connectivity index (χ0n) is 22.0. The van der Waals surface area contributed by atoms with Gasteiger partial charge in [0, 0.05) is 29.8 Å². The average Bonchev–Trinajstić information content (AvgIpc) is 3.62. The number of anilines is 1. The van der Waals surface area contributed by atoms with Gasteiger partial charge in [0.1, 0.15) is 0 Å². The molecule has 39 heavy (non-hydrogen) atoms. The van der Waals surface area contributed by atoms with Gasteiger partial charge in [0.2, 0.25) is 0 Å². The number of nitrogens with one attached hydrogen (secondary N) is 3. The molecule has 1 saturated heterocycles. The average molecular weight is 521 g/mol. The molecular weight excluding hydrogens is 488 g/mol. The second-order valence-electron chi connectivity index (χ2n) is 10.3. The van der Waals surface area contributed by atoms with Gasteiger partial charge < -0.3 is 15.3 Å². The SMILES string of the molecule is C[C@H](c1ccccc1)n1cc(C(=O)Nc2c[nH]c(=O)c(-c3cc4cc(CN5CCCCC5)ccc4[nH]3)c2)cn1. The van der Waals surface area contributed by atoms with Crippen LogP contribution in [0.2, 0.25) is 0 Å². The molecule has 0 aliphatic carbocycles. The Bertz CT molecular complexity index is 1660. The summed E-state index contributed by atoms with van der Waals surface area (Å²) in [7, 11) is 0. The highest BCUT2D eigenvalue weighted by Gasteiger charge is 2.16. The van der Waals surface area contributed by atoms with Crippen LogP contribution in [0.15, 0.2) is 84.0 Å². The van der Waals surface area contributed by atoms with Crippen molar-refractivity contribution in [3.8, 4) is 11.3 Å². The number of aromatic nitrogens is 4. The molecule has 3 aromatic heterocycles. The molecule has 1 aliphatic heterocycles. The standard InChI is InChI=1S/C31H32N6O2/c1-21(23-8-4-2-5-9-23)37-20-25(17-33-37)30(38)34-26-16-27(31(39)32-18-26)29-15-24-14-22(10-11-28(24)35-29)19-36-12-6-3-7-13-36/h2,4-5,8-11,14-18,20-21,35H,3,6-7,12-13,19H2,1H3,(H,32,39)(H,34,38)/t21-/m1/s1. The van der Waals surface area contributed by atoms with Crippen molar-refractivity contribution in [3.05, 3.63) is 106 Å². The lowest BCUT2D eigenvalue weighted by atomic mass is 10.1. The van der Waals surface area contributed by atoms with E-state index < -0.39 is 0 Å². The van der Waals surface area contributed by atoms with Crippen LogP contribution in [0.4, 0.5) is 5.69 Å². The fraction of sp³-hybridized carbons (Fsp3) is 0.258. The minimum Gasteiger partial charge on any atom is -0.354 e. The summed E-state index contributed by atoms with van der Waals surface area (Å²) in [5.74, 6) is -0.293. The zero-order valence-corrected chi connectivity index (χ0v) is 22.0. The maximum absolute atomic E-state index is 13.0. The van der Waals surface area contributed by atoms with Crippen molar-refractivity contribution in [2.45, 2.75) is 38.8 Å². The Labute approximate surface area is 226 Å². The second kappa shape index (κ2) is 10.7. The van der Waals surface area contributed by atoms with Gasteiger partial charge >= 0.3 is 0 Å². The molecule has 0 spiro atoms. The molecule has 3 N–H and O–H groups in total. The molecule has 1 amide bonds. The first-order chi connectivity index (χ1) is 19.0. The van der Waals surface area contributed by atoms with Crippen molar-refractivity contribution >= 4 is 22.5 Å². The van der Waals surface area contributed by atoms with Crippen LogP contribution < -0.4 is 10.9 Å². The summed E-state index contributed by atoms with van der Waals surface area (Å²) < 4.78 is 1.77. The van der Waals surface area contributed by atoms with E-state index in [2.05, 4.69) is 43.5 Å². The van der Waals surface area contributed by atoms with E-state index in [0.29, 0.717) is 22.5 Å². The third-order valence-corrected chi connectivity index (χ3v) is 7.53. The van der Waals surface area contributed by atoms with E-state index in [-0.39, 0.29) is 17.5 Å². The van der Waals surface area contributed by atoms with Gasteiger partial charge in [-0.25, -0.2) is 0 Å². The largest absolute Gasteiger partial charge is 0.354 e. The molecule has 1 atom stereocenters. The number of benzene rings is 2. The molecule has 8 heteroatoms. The van der Waals surface area contributed by atoms with Crippen molar-refractivity contribution < 1.29 is 4.79 Å². The summed E-state index contributed by atoms with van der Waals surface area (Å²) in [6.07, 6.45) is 8.66. The van der Waals surface area contributed by atoms with Gasteiger partial charge in [-0.15, -0.1) is 0 Å². The first kappa shape index (κ1) is 24.9. The number of carbonyl (C=O) groups excluding carboxylic acids is 1. The van der Waals surface area contributed by atoms with Gasteiger partial charge in [-0.2, -0.15) is 5.10 Å². The minimum atomic E-state index is -0.293. The van der Waals surface area contributed by atoms with E-state index >= 15 is 0 Å². The zero-order chi connectivity index (χ0) is 26.8. The number of pyridine rings is 1. The molecule has 2 aromatic carbocycles. The van der Waals surface area contributed by atoms with Gasteiger partial charge in [0.05, 0.1) is 34.7 Å². The predicted octanol–water partition coefficient (Wildman–Crippen LogP) is 5.57. The lowest BCUT2D eigenvalue weighted by Crippen LogP contribution is -2.28. The number of H-pyrrole nitrogens is 2. The van der Waals surface area contributed by atoms with Crippen molar-refractivity contribution in [2.75, 3.05) is 18.4 Å². The summed E-state index contributed by atoms with van der Waals surface area (Å²) in [4.78, 5) is 34.4. The number of fused-ring (bicyclic) bond motifs is 1. The van der Waals surface area contributed by atoms with Gasteiger partial charge in [0.15, 0.2) is 0 Å². The van der Waals surface area contributed by atoms with E-state index in [9.17, 15) is 9.59 Å². The Hall–Kier alpha value is -4.43. The monoisotopic (exact) mass is 520 g/mol. The smallest absolute Gasteiger partial charge is 0.258 e. The van der Waals surface area contributed by atoms with Gasteiger partial charge in [0.25, 0.3) is 11.5 Å². The minimum absolute atomic E-state index is 0.00480. The lowest BCUT2D eigenvalue weighted by Gasteiger charge is -2.26. The number of nitrogens with zero attached hydrogens (tertiary/aromatic N) is 3. The molecule has 8 nitrogen and oxygen atoms in total. The van der Waals surface area contributed by atoms with Crippen LogP contribution in [0.25, 0.3) is 22.2 Å². The number of likely N-dealkylation sites (tertiary alicyclic amines) is 1. The van der Waals surface area contributed by atoms with Crippen LogP contribution in [-0.4, -0.2) is 43.6 Å². The highest BCUT2D eigenvalue weighted by Crippen LogP contribution is 2.26. The number of rotatable bonds is 7. The quantitative estimate of drug-likeness (QED) is 0.261. The molecule has 6 rings (SSSR count). The first-order valence-electron chi connectivity index (χ1n) is 13.5. The lowest BCUT2D eigenvalue weighted by molar-refractivity contribution is 0.102. The molecule has 4 heterocycles. The van der Waals surface area contributed by atoms with Crippen LogP contribution in [0.1, 0.15) is 53.7 Å². The number of piperidine rings is 1. The summed E-state index contributed by atoms with van der Waals surface area (Å²) >= 11 is 0. The van der Waals surface area contributed by atoms with Crippen molar-refractivity contribution in [3.63, 3.8) is 0 Å². The molecule has 5 aromatic rings. The molecule has 1 fully saturated rings. The topological polar surface area (TPSA) is 98.8 Å². The summed E-state index contributed by atoms with van der Waals surface area (Å²) in [6.45, 7) is 5.28. The third kappa shape index (κ3) is 5.42. The number of amides is 1. The van der Waals surface area contributed by atoms with E-state index in [1.807, 2.05) is 43.3 Å². The Kier molecular flexibility index (Phi) is 6.85. The Balaban J connectivity index is 1.19. The highest BCUT2D eigenvalue weighted by atomic mass is 16.1. The van der Waals surface area contributed by atoms with Crippen molar-refractivity contribution in [1.29, 1.82) is 0 Å². The van der Waals surface area contributed by atoms with Crippen LogP contribution in [0.3, 0.4) is 0 Å².